The van der Waals surface area contributed by atoms with Crippen LogP contribution in [0.1, 0.15) is 38.5 Å². The molecular weight excluding hydrogens is 402 g/mol. The van der Waals surface area contributed by atoms with Crippen molar-refractivity contribution in [2.75, 3.05) is 37.4 Å². The predicted molar refractivity (Wildman–Crippen MR) is 117 cm³/mol. The molecule has 8 heteroatoms. The van der Waals surface area contributed by atoms with Crippen LogP contribution in [0.3, 0.4) is 0 Å². The summed E-state index contributed by atoms with van der Waals surface area (Å²) >= 11 is 0. The molecule has 2 atom stereocenters. The molecule has 1 aliphatic carbocycles. The second-order valence-electron chi connectivity index (χ2n) is 8.87. The Kier molecular flexibility index (Phi) is 6.65. The van der Waals surface area contributed by atoms with E-state index >= 15 is 0 Å². The first kappa shape index (κ1) is 21.6. The number of rotatable bonds is 7. The van der Waals surface area contributed by atoms with E-state index in [2.05, 4.69) is 33.9 Å². The zero-order valence-electron chi connectivity index (χ0n) is 17.7. The summed E-state index contributed by atoms with van der Waals surface area (Å²) in [6, 6.07) is 9.90. The molecule has 166 valence electrons. The van der Waals surface area contributed by atoms with E-state index in [0.29, 0.717) is 13.2 Å². The number of benzene rings is 1. The van der Waals surface area contributed by atoms with Gasteiger partial charge in [-0.2, -0.15) is 0 Å². The lowest BCUT2D eigenvalue weighted by Gasteiger charge is -2.42. The first-order valence-corrected chi connectivity index (χ1v) is 13.0. The number of amides is 1. The number of hydrogen-bond acceptors (Lipinski definition) is 5. The van der Waals surface area contributed by atoms with Crippen molar-refractivity contribution < 1.29 is 17.9 Å². The summed E-state index contributed by atoms with van der Waals surface area (Å²) in [7, 11) is -3.34. The zero-order chi connectivity index (χ0) is 21.1. The highest BCUT2D eigenvalue weighted by molar-refractivity contribution is 7.88. The maximum atomic E-state index is 12.8. The minimum atomic E-state index is -3.34. The third-order valence-corrected chi connectivity index (χ3v) is 7.15. The van der Waals surface area contributed by atoms with E-state index < -0.39 is 10.0 Å². The first-order valence-electron chi connectivity index (χ1n) is 11.1. The predicted octanol–water partition coefficient (Wildman–Crippen LogP) is 1.99. The molecule has 1 saturated carbocycles. The number of nitrogens with zero attached hydrogens (tertiary/aromatic N) is 2. The lowest BCUT2D eigenvalue weighted by atomic mass is 9.96. The second kappa shape index (κ2) is 9.24. The van der Waals surface area contributed by atoms with E-state index in [1.54, 1.807) is 0 Å². The molecule has 1 N–H and O–H groups in total. The van der Waals surface area contributed by atoms with Crippen LogP contribution >= 0.6 is 0 Å². The van der Waals surface area contributed by atoms with Crippen molar-refractivity contribution in [2.45, 2.75) is 56.7 Å². The fourth-order valence-electron chi connectivity index (χ4n) is 4.67. The number of carbonyl (C=O) groups excluding carboxylic acids is 1. The summed E-state index contributed by atoms with van der Waals surface area (Å²) in [6.45, 7) is 2.96. The Morgan fingerprint density at radius 3 is 2.40 bits per heavy atom. The van der Waals surface area contributed by atoms with Gasteiger partial charge in [0, 0.05) is 37.3 Å². The minimum Gasteiger partial charge on any atom is -0.376 e. The van der Waals surface area contributed by atoms with Crippen LogP contribution in [0.4, 0.5) is 5.69 Å². The maximum absolute atomic E-state index is 12.8. The van der Waals surface area contributed by atoms with Gasteiger partial charge in [0.25, 0.3) is 0 Å². The SMILES string of the molecule is CS(=O)(=O)N[C@@H]1CCCN(C(=O)C2CC2)[C@@H]1COC1CCN(c2ccccc2)CC1. The fraction of sp³-hybridized carbons (Fsp3) is 0.682. The van der Waals surface area contributed by atoms with Crippen LogP contribution in [0.2, 0.25) is 0 Å². The summed E-state index contributed by atoms with van der Waals surface area (Å²) in [5.41, 5.74) is 1.24. The van der Waals surface area contributed by atoms with Crippen molar-refractivity contribution in [3.8, 4) is 0 Å². The van der Waals surface area contributed by atoms with Crippen molar-refractivity contribution >= 4 is 21.6 Å². The van der Waals surface area contributed by atoms with Crippen LogP contribution in [-0.2, 0) is 19.6 Å². The average molecular weight is 436 g/mol. The van der Waals surface area contributed by atoms with Gasteiger partial charge in [-0.3, -0.25) is 4.79 Å². The van der Waals surface area contributed by atoms with E-state index in [9.17, 15) is 13.2 Å². The fourth-order valence-corrected chi connectivity index (χ4v) is 5.49. The number of ether oxygens (including phenoxy) is 1. The van der Waals surface area contributed by atoms with Gasteiger partial charge in [0.15, 0.2) is 0 Å². The number of para-hydroxylation sites is 1. The van der Waals surface area contributed by atoms with Crippen molar-refractivity contribution in [1.29, 1.82) is 0 Å². The molecule has 0 radical (unpaired) electrons. The van der Waals surface area contributed by atoms with Crippen LogP contribution in [0, 0.1) is 5.92 Å². The Morgan fingerprint density at radius 2 is 1.77 bits per heavy atom. The Balaban J connectivity index is 1.36. The van der Waals surface area contributed by atoms with Crippen LogP contribution in [-0.4, -0.2) is 69.9 Å². The summed E-state index contributed by atoms with van der Waals surface area (Å²) in [4.78, 5) is 17.1. The third kappa shape index (κ3) is 5.53. The Labute approximate surface area is 179 Å². The van der Waals surface area contributed by atoms with Gasteiger partial charge in [-0.1, -0.05) is 18.2 Å². The van der Waals surface area contributed by atoms with Crippen molar-refractivity contribution in [3.63, 3.8) is 0 Å². The molecule has 2 aliphatic heterocycles. The molecule has 0 bridgehead atoms. The molecule has 0 aromatic heterocycles. The molecule has 7 nitrogen and oxygen atoms in total. The van der Waals surface area contributed by atoms with Gasteiger partial charge in [0.2, 0.25) is 15.9 Å². The van der Waals surface area contributed by atoms with Crippen molar-refractivity contribution in [3.05, 3.63) is 30.3 Å². The molecule has 0 spiro atoms. The van der Waals surface area contributed by atoms with E-state index in [4.69, 9.17) is 4.74 Å². The van der Waals surface area contributed by atoms with Gasteiger partial charge >= 0.3 is 0 Å². The molecule has 30 heavy (non-hydrogen) atoms. The summed E-state index contributed by atoms with van der Waals surface area (Å²) in [6.07, 6.45) is 6.65. The second-order valence-corrected chi connectivity index (χ2v) is 10.6. The average Bonchev–Trinajstić information content (AvgIpc) is 3.57. The van der Waals surface area contributed by atoms with Gasteiger partial charge in [-0.15, -0.1) is 0 Å². The highest BCUT2D eigenvalue weighted by Crippen LogP contribution is 2.34. The lowest BCUT2D eigenvalue weighted by Crippen LogP contribution is -2.59. The minimum absolute atomic E-state index is 0.124. The van der Waals surface area contributed by atoms with E-state index in [0.717, 1.165) is 51.6 Å². The van der Waals surface area contributed by atoms with Gasteiger partial charge < -0.3 is 14.5 Å². The molecule has 1 aromatic rings. The van der Waals surface area contributed by atoms with Crippen molar-refractivity contribution in [2.24, 2.45) is 5.92 Å². The Bertz CT molecular complexity index is 820. The number of carbonyl (C=O) groups is 1. The highest BCUT2D eigenvalue weighted by atomic mass is 32.2. The van der Waals surface area contributed by atoms with Crippen LogP contribution in [0.25, 0.3) is 0 Å². The molecular formula is C22H33N3O4S. The summed E-state index contributed by atoms with van der Waals surface area (Å²) in [5, 5.41) is 0. The largest absolute Gasteiger partial charge is 0.376 e. The van der Waals surface area contributed by atoms with Gasteiger partial charge in [-0.05, 0) is 50.7 Å². The molecule has 2 saturated heterocycles. The third-order valence-electron chi connectivity index (χ3n) is 6.42. The molecule has 1 amide bonds. The molecule has 0 unspecified atom stereocenters. The smallest absolute Gasteiger partial charge is 0.226 e. The number of anilines is 1. The molecule has 3 aliphatic rings. The van der Waals surface area contributed by atoms with Gasteiger partial charge in [0.1, 0.15) is 0 Å². The first-order chi connectivity index (χ1) is 14.4. The topological polar surface area (TPSA) is 79.0 Å². The van der Waals surface area contributed by atoms with Crippen LogP contribution < -0.4 is 9.62 Å². The summed E-state index contributed by atoms with van der Waals surface area (Å²) < 4.78 is 32.8. The summed E-state index contributed by atoms with van der Waals surface area (Å²) in [5.74, 6) is 0.293. The van der Waals surface area contributed by atoms with Crippen molar-refractivity contribution in [1.82, 2.24) is 9.62 Å². The number of nitrogens with one attached hydrogen (secondary N) is 1. The lowest BCUT2D eigenvalue weighted by molar-refractivity contribution is -0.139. The Morgan fingerprint density at radius 1 is 1.07 bits per heavy atom. The number of piperidine rings is 2. The van der Waals surface area contributed by atoms with E-state index in [-0.39, 0.29) is 30.0 Å². The molecule has 2 heterocycles. The number of likely N-dealkylation sites (tertiary alicyclic amines) is 1. The highest BCUT2D eigenvalue weighted by Gasteiger charge is 2.41. The number of sulfonamides is 1. The normalized spacial score (nSPS) is 26.0. The quantitative estimate of drug-likeness (QED) is 0.709. The standard InChI is InChI=1S/C22H33N3O4S/c1-30(27,28)23-20-8-5-13-25(22(26)17-9-10-17)21(20)16-29-19-11-14-24(15-12-19)18-6-3-2-4-7-18/h2-4,6-7,17,19-21,23H,5,8-16H2,1H3/t20-,21-/m1/s1. The van der Waals surface area contributed by atoms with Crippen LogP contribution in [0.5, 0.6) is 0 Å². The maximum Gasteiger partial charge on any atom is 0.226 e. The Hall–Kier alpha value is -1.64. The number of hydrogen-bond donors (Lipinski definition) is 1. The molecule has 1 aromatic carbocycles. The molecule has 3 fully saturated rings. The van der Waals surface area contributed by atoms with Gasteiger partial charge in [0.05, 0.1) is 25.0 Å². The van der Waals surface area contributed by atoms with E-state index in [1.807, 2.05) is 11.0 Å². The molecule has 4 rings (SSSR count). The van der Waals surface area contributed by atoms with Gasteiger partial charge in [-0.25, -0.2) is 13.1 Å². The van der Waals surface area contributed by atoms with E-state index in [1.165, 1.54) is 11.9 Å². The van der Waals surface area contributed by atoms with Crippen LogP contribution in [0.15, 0.2) is 30.3 Å². The zero-order valence-corrected chi connectivity index (χ0v) is 18.5. The monoisotopic (exact) mass is 435 g/mol.